The van der Waals surface area contributed by atoms with Crippen LogP contribution < -0.4 is 11.1 Å². The van der Waals surface area contributed by atoms with E-state index < -0.39 is 6.09 Å². The second-order valence-electron chi connectivity index (χ2n) is 8.44. The van der Waals surface area contributed by atoms with Crippen molar-refractivity contribution < 1.29 is 28.6 Å². The van der Waals surface area contributed by atoms with Gasteiger partial charge in [-0.3, -0.25) is 9.59 Å². The molecule has 0 aromatic heterocycles. The molecule has 1 aromatic carbocycles. The predicted molar refractivity (Wildman–Crippen MR) is 127 cm³/mol. The van der Waals surface area contributed by atoms with Crippen molar-refractivity contribution in [1.82, 2.24) is 5.32 Å². The van der Waals surface area contributed by atoms with E-state index in [0.29, 0.717) is 6.42 Å². The second-order valence-corrected chi connectivity index (χ2v) is 8.44. The minimum Gasteiger partial charge on any atom is -0.469 e. The summed E-state index contributed by atoms with van der Waals surface area (Å²) in [6.07, 6.45) is 6.63. The summed E-state index contributed by atoms with van der Waals surface area (Å²) >= 11 is 0. The number of rotatable bonds is 5. The van der Waals surface area contributed by atoms with E-state index in [1.54, 1.807) is 0 Å². The smallest absolute Gasteiger partial charge is 0.407 e. The van der Waals surface area contributed by atoms with Crippen LogP contribution in [-0.4, -0.2) is 44.3 Å². The zero-order valence-corrected chi connectivity index (χ0v) is 20.3. The molecule has 9 heteroatoms. The topological polar surface area (TPSA) is 117 Å². The summed E-state index contributed by atoms with van der Waals surface area (Å²) in [5.41, 5.74) is 6.66. The third kappa shape index (κ3) is 10.4. The maximum Gasteiger partial charge on any atom is 0.407 e. The van der Waals surface area contributed by atoms with Crippen molar-refractivity contribution in [2.75, 3.05) is 14.2 Å². The second kappa shape index (κ2) is 15.5. The van der Waals surface area contributed by atoms with Crippen LogP contribution in [0.3, 0.4) is 0 Å². The molecule has 8 nitrogen and oxygen atoms in total. The third-order valence-electron chi connectivity index (χ3n) is 5.99. The van der Waals surface area contributed by atoms with E-state index in [0.717, 1.165) is 50.5 Å². The number of carbonyl (C=O) groups is 3. The number of halogens is 1. The third-order valence-corrected chi connectivity index (χ3v) is 5.99. The monoisotopic (exact) mass is 484 g/mol. The van der Waals surface area contributed by atoms with Gasteiger partial charge in [-0.1, -0.05) is 43.2 Å². The number of hydrogen-bond acceptors (Lipinski definition) is 7. The molecule has 2 fully saturated rings. The summed E-state index contributed by atoms with van der Waals surface area (Å²) < 4.78 is 14.6. The number of nitrogens with one attached hydrogen (secondary N) is 1. The van der Waals surface area contributed by atoms with Crippen LogP contribution in [0, 0.1) is 11.8 Å². The van der Waals surface area contributed by atoms with Gasteiger partial charge in [0.05, 0.1) is 26.1 Å². The van der Waals surface area contributed by atoms with Crippen LogP contribution in [0.5, 0.6) is 0 Å². The number of benzene rings is 1. The Kier molecular flexibility index (Phi) is 13.5. The number of esters is 2. The SMILES string of the molecule is COC(=O)[C@@H]1CCC[C@@H](N)C1.COC(=O)[C@@H]1CCC[C@@H](NC(=O)OCc2ccccc2)C1.Cl. The number of nitrogens with two attached hydrogens (primary N) is 1. The standard InChI is InChI=1S/C16H21NO4.C8H15NO2.ClH/c1-20-15(18)13-8-5-9-14(10-13)17-16(19)21-11-12-6-3-2-4-7-12;1-11-8(10)6-3-2-4-7(9)5-6;/h2-4,6-7,13-14H,5,8-11H2,1H3,(H,17,19);6-7H,2-5,9H2,1H3;1H/t13-,14-;6-,7-;/m11./s1. The summed E-state index contributed by atoms with van der Waals surface area (Å²) in [6.45, 7) is 0.250. The zero-order valence-electron chi connectivity index (χ0n) is 19.5. The van der Waals surface area contributed by atoms with Gasteiger partial charge in [0.2, 0.25) is 0 Å². The van der Waals surface area contributed by atoms with Gasteiger partial charge in [0, 0.05) is 12.1 Å². The lowest BCUT2D eigenvalue weighted by Gasteiger charge is -2.27. The molecule has 3 rings (SSSR count). The summed E-state index contributed by atoms with van der Waals surface area (Å²) in [5.74, 6) is -0.355. The van der Waals surface area contributed by atoms with Crippen LogP contribution in [0.4, 0.5) is 4.79 Å². The average Bonchev–Trinajstić information content (AvgIpc) is 2.83. The first-order valence-corrected chi connectivity index (χ1v) is 11.3. The van der Waals surface area contributed by atoms with Crippen LogP contribution in [0.15, 0.2) is 30.3 Å². The van der Waals surface area contributed by atoms with Crippen molar-refractivity contribution in [1.29, 1.82) is 0 Å². The van der Waals surface area contributed by atoms with Crippen molar-refractivity contribution in [2.24, 2.45) is 17.6 Å². The Hall–Kier alpha value is -2.32. The van der Waals surface area contributed by atoms with Gasteiger partial charge in [-0.25, -0.2) is 4.79 Å². The van der Waals surface area contributed by atoms with E-state index in [2.05, 4.69) is 10.1 Å². The Balaban J connectivity index is 0.000000385. The van der Waals surface area contributed by atoms with Crippen LogP contribution in [-0.2, 0) is 30.4 Å². The van der Waals surface area contributed by atoms with Crippen molar-refractivity contribution >= 4 is 30.4 Å². The first-order valence-electron chi connectivity index (χ1n) is 11.3. The maximum atomic E-state index is 11.8. The summed E-state index contributed by atoms with van der Waals surface area (Å²) in [5, 5.41) is 2.83. The highest BCUT2D eigenvalue weighted by molar-refractivity contribution is 5.85. The van der Waals surface area contributed by atoms with Crippen LogP contribution in [0.1, 0.15) is 56.9 Å². The van der Waals surface area contributed by atoms with Gasteiger partial charge in [0.25, 0.3) is 0 Å². The summed E-state index contributed by atoms with van der Waals surface area (Å²) in [6, 6.07) is 9.71. The Labute approximate surface area is 202 Å². The molecule has 1 amide bonds. The minimum atomic E-state index is -0.436. The van der Waals surface area contributed by atoms with Crippen molar-refractivity contribution in [3.05, 3.63) is 35.9 Å². The van der Waals surface area contributed by atoms with Gasteiger partial charge in [0.1, 0.15) is 6.61 Å². The van der Waals surface area contributed by atoms with Gasteiger partial charge in [-0.2, -0.15) is 0 Å². The molecule has 0 radical (unpaired) electrons. The lowest BCUT2D eigenvalue weighted by Crippen LogP contribution is -2.40. The average molecular weight is 485 g/mol. The number of methoxy groups -OCH3 is 2. The molecule has 186 valence electrons. The van der Waals surface area contributed by atoms with Crippen molar-refractivity contribution in [3.63, 3.8) is 0 Å². The molecule has 2 saturated carbocycles. The van der Waals surface area contributed by atoms with Crippen LogP contribution in [0.25, 0.3) is 0 Å². The van der Waals surface area contributed by atoms with Gasteiger partial charge in [0.15, 0.2) is 0 Å². The fourth-order valence-electron chi connectivity index (χ4n) is 4.24. The van der Waals surface area contributed by atoms with E-state index in [1.807, 2.05) is 30.3 Å². The summed E-state index contributed by atoms with van der Waals surface area (Å²) in [7, 11) is 2.83. The predicted octanol–water partition coefficient (Wildman–Crippen LogP) is 3.74. The Morgan fingerprint density at radius 2 is 1.48 bits per heavy atom. The molecular formula is C24H37ClN2O6. The van der Waals surface area contributed by atoms with E-state index in [9.17, 15) is 14.4 Å². The highest BCUT2D eigenvalue weighted by Crippen LogP contribution is 2.25. The normalized spacial score (nSPS) is 24.1. The quantitative estimate of drug-likeness (QED) is 0.482. The minimum absolute atomic E-state index is 0. The lowest BCUT2D eigenvalue weighted by atomic mass is 9.86. The zero-order chi connectivity index (χ0) is 23.3. The molecule has 0 bridgehead atoms. The molecule has 33 heavy (non-hydrogen) atoms. The first kappa shape index (κ1) is 28.7. The van der Waals surface area contributed by atoms with Crippen molar-refractivity contribution in [3.8, 4) is 0 Å². The van der Waals surface area contributed by atoms with Crippen molar-refractivity contribution in [2.45, 2.75) is 70.1 Å². The number of amides is 1. The fourth-order valence-corrected chi connectivity index (χ4v) is 4.24. The molecule has 0 saturated heterocycles. The van der Waals surface area contributed by atoms with E-state index in [1.165, 1.54) is 14.2 Å². The first-order chi connectivity index (χ1) is 15.4. The molecule has 0 heterocycles. The molecule has 0 unspecified atom stereocenters. The van der Waals surface area contributed by atoms with E-state index in [4.69, 9.17) is 15.2 Å². The molecule has 4 atom stereocenters. The maximum absolute atomic E-state index is 11.8. The van der Waals surface area contributed by atoms with Gasteiger partial charge >= 0.3 is 18.0 Å². The van der Waals surface area contributed by atoms with Gasteiger partial charge < -0.3 is 25.3 Å². The number of carbonyl (C=O) groups excluding carboxylic acids is 3. The molecule has 3 N–H and O–H groups in total. The molecule has 1 aromatic rings. The van der Waals surface area contributed by atoms with Gasteiger partial charge in [-0.05, 0) is 44.1 Å². The Morgan fingerprint density at radius 3 is 2.06 bits per heavy atom. The highest BCUT2D eigenvalue weighted by Gasteiger charge is 2.29. The number of ether oxygens (including phenoxy) is 3. The summed E-state index contributed by atoms with van der Waals surface area (Å²) in [4.78, 5) is 34.4. The van der Waals surface area contributed by atoms with E-state index >= 15 is 0 Å². The lowest BCUT2D eigenvalue weighted by molar-refractivity contribution is -0.147. The Morgan fingerprint density at radius 1 is 0.909 bits per heavy atom. The highest BCUT2D eigenvalue weighted by atomic mass is 35.5. The molecule has 2 aliphatic carbocycles. The molecule has 0 aliphatic heterocycles. The van der Waals surface area contributed by atoms with Gasteiger partial charge in [-0.15, -0.1) is 12.4 Å². The number of hydrogen-bond donors (Lipinski definition) is 2. The molecular weight excluding hydrogens is 448 g/mol. The molecule has 2 aliphatic rings. The number of alkyl carbamates (subject to hydrolysis) is 1. The van der Waals surface area contributed by atoms with E-state index in [-0.39, 0.29) is 54.9 Å². The molecule has 0 spiro atoms. The Bertz CT molecular complexity index is 733. The van der Waals surface area contributed by atoms with Crippen LogP contribution >= 0.6 is 12.4 Å². The van der Waals surface area contributed by atoms with Crippen LogP contribution in [0.2, 0.25) is 0 Å². The fraction of sp³-hybridized carbons (Fsp3) is 0.625. The largest absolute Gasteiger partial charge is 0.469 e.